The van der Waals surface area contributed by atoms with E-state index in [9.17, 15) is 4.79 Å². The zero-order valence-electron chi connectivity index (χ0n) is 9.36. The predicted molar refractivity (Wildman–Crippen MR) is 59.9 cm³/mol. The number of nitrogens with zero attached hydrogens (tertiary/aromatic N) is 1. The van der Waals surface area contributed by atoms with Gasteiger partial charge in [0.15, 0.2) is 0 Å². The molecule has 4 heteroatoms. The Labute approximate surface area is 94.8 Å². The number of carbonyl (C=O) groups excluding carboxylic acids is 1. The van der Waals surface area contributed by atoms with Gasteiger partial charge in [0, 0.05) is 0 Å². The summed E-state index contributed by atoms with van der Waals surface area (Å²) in [7, 11) is 1.59. The maximum atomic E-state index is 11.4. The van der Waals surface area contributed by atoms with Gasteiger partial charge in [0.05, 0.1) is 19.6 Å². The molecule has 1 amide bonds. The smallest absolute Gasteiger partial charge is 0.225 e. The van der Waals surface area contributed by atoms with Crippen molar-refractivity contribution < 1.29 is 9.53 Å². The number of hydrogen-bond acceptors (Lipinski definition) is 3. The van der Waals surface area contributed by atoms with Crippen molar-refractivity contribution in [2.24, 2.45) is 0 Å². The summed E-state index contributed by atoms with van der Waals surface area (Å²) in [6, 6.07) is 8.76. The minimum absolute atomic E-state index is 0.154. The van der Waals surface area contributed by atoms with Crippen molar-refractivity contribution in [3.05, 3.63) is 29.8 Å². The minimum Gasteiger partial charge on any atom is -0.497 e. The van der Waals surface area contributed by atoms with Crippen LogP contribution in [-0.4, -0.2) is 19.1 Å². The highest BCUT2D eigenvalue weighted by Gasteiger charge is 2.06. The molecule has 1 atom stereocenters. The average molecular weight is 218 g/mol. The summed E-state index contributed by atoms with van der Waals surface area (Å²) in [6.07, 6.45) is 0.274. The van der Waals surface area contributed by atoms with E-state index in [0.29, 0.717) is 0 Å². The predicted octanol–water partition coefficient (Wildman–Crippen LogP) is 1.27. The minimum atomic E-state index is -0.453. The maximum Gasteiger partial charge on any atom is 0.225 e. The van der Waals surface area contributed by atoms with Crippen molar-refractivity contribution in [1.82, 2.24) is 5.32 Å². The van der Waals surface area contributed by atoms with Crippen LogP contribution >= 0.6 is 0 Å². The Morgan fingerprint density at radius 2 is 2.12 bits per heavy atom. The molecule has 0 aromatic heterocycles. The van der Waals surface area contributed by atoms with Crippen LogP contribution in [-0.2, 0) is 11.2 Å². The van der Waals surface area contributed by atoms with E-state index >= 15 is 0 Å². The highest BCUT2D eigenvalue weighted by Crippen LogP contribution is 2.11. The number of nitriles is 1. The van der Waals surface area contributed by atoms with Gasteiger partial charge in [0.2, 0.25) is 5.91 Å². The van der Waals surface area contributed by atoms with Gasteiger partial charge in [-0.15, -0.1) is 0 Å². The Balaban J connectivity index is 2.53. The number of hydrogen-bond donors (Lipinski definition) is 1. The van der Waals surface area contributed by atoms with Crippen LogP contribution in [0.1, 0.15) is 12.5 Å². The molecule has 0 aliphatic heterocycles. The summed E-state index contributed by atoms with van der Waals surface area (Å²) < 4.78 is 5.01. The number of amides is 1. The van der Waals surface area contributed by atoms with E-state index in [1.807, 2.05) is 18.2 Å². The Hall–Kier alpha value is -2.02. The second-order valence-corrected chi connectivity index (χ2v) is 3.44. The lowest BCUT2D eigenvalue weighted by Gasteiger charge is -2.06. The summed E-state index contributed by atoms with van der Waals surface area (Å²) in [4.78, 5) is 11.4. The van der Waals surface area contributed by atoms with E-state index < -0.39 is 6.04 Å². The van der Waals surface area contributed by atoms with Crippen LogP contribution in [0.2, 0.25) is 0 Å². The number of ether oxygens (including phenoxy) is 1. The summed E-state index contributed by atoms with van der Waals surface area (Å²) in [5.41, 5.74) is 0.892. The quantitative estimate of drug-likeness (QED) is 0.827. The molecular weight excluding hydrogens is 204 g/mol. The van der Waals surface area contributed by atoms with Gasteiger partial charge in [-0.25, -0.2) is 0 Å². The lowest BCUT2D eigenvalue weighted by molar-refractivity contribution is -0.120. The van der Waals surface area contributed by atoms with E-state index in [4.69, 9.17) is 10.00 Å². The van der Waals surface area contributed by atoms with Gasteiger partial charge in [-0.05, 0) is 24.6 Å². The van der Waals surface area contributed by atoms with Crippen molar-refractivity contribution in [1.29, 1.82) is 5.26 Å². The van der Waals surface area contributed by atoms with Crippen LogP contribution in [0.15, 0.2) is 24.3 Å². The van der Waals surface area contributed by atoms with Crippen LogP contribution in [0.4, 0.5) is 0 Å². The molecule has 1 aromatic carbocycles. The first kappa shape index (κ1) is 12.1. The zero-order valence-corrected chi connectivity index (χ0v) is 9.36. The number of benzene rings is 1. The first-order valence-corrected chi connectivity index (χ1v) is 4.97. The van der Waals surface area contributed by atoms with Crippen molar-refractivity contribution >= 4 is 5.91 Å². The van der Waals surface area contributed by atoms with Crippen LogP contribution in [0.5, 0.6) is 5.75 Å². The van der Waals surface area contributed by atoms with Crippen LogP contribution in [0, 0.1) is 11.3 Å². The molecule has 0 aliphatic rings. The van der Waals surface area contributed by atoms with E-state index in [0.717, 1.165) is 11.3 Å². The van der Waals surface area contributed by atoms with Crippen LogP contribution < -0.4 is 10.1 Å². The van der Waals surface area contributed by atoms with Gasteiger partial charge >= 0.3 is 0 Å². The zero-order chi connectivity index (χ0) is 12.0. The largest absolute Gasteiger partial charge is 0.497 e. The number of carbonyl (C=O) groups is 1. The van der Waals surface area contributed by atoms with Crippen molar-refractivity contribution in [3.63, 3.8) is 0 Å². The summed E-state index contributed by atoms with van der Waals surface area (Å²) >= 11 is 0. The van der Waals surface area contributed by atoms with E-state index in [-0.39, 0.29) is 12.3 Å². The standard InChI is InChI=1S/C12H14N2O2/c1-9(8-13)14-12(15)7-10-3-5-11(16-2)6-4-10/h3-6,9H,7H2,1-2H3,(H,14,15). The fourth-order valence-corrected chi connectivity index (χ4v) is 1.25. The summed E-state index contributed by atoms with van der Waals surface area (Å²) in [6.45, 7) is 1.64. The van der Waals surface area contributed by atoms with E-state index in [2.05, 4.69) is 5.32 Å². The molecule has 1 unspecified atom stereocenters. The third-order valence-electron chi connectivity index (χ3n) is 2.09. The molecule has 0 bridgehead atoms. The van der Waals surface area contributed by atoms with Crippen molar-refractivity contribution in [2.75, 3.05) is 7.11 Å². The molecule has 0 spiro atoms. The highest BCUT2D eigenvalue weighted by molar-refractivity contribution is 5.79. The monoisotopic (exact) mass is 218 g/mol. The van der Waals surface area contributed by atoms with Gasteiger partial charge < -0.3 is 10.1 Å². The first-order chi connectivity index (χ1) is 7.65. The van der Waals surface area contributed by atoms with E-state index in [1.165, 1.54) is 0 Å². The Bertz CT molecular complexity index is 392. The van der Waals surface area contributed by atoms with Crippen molar-refractivity contribution in [2.45, 2.75) is 19.4 Å². The maximum absolute atomic E-state index is 11.4. The topological polar surface area (TPSA) is 62.1 Å². The molecule has 0 radical (unpaired) electrons. The number of rotatable bonds is 4. The normalized spacial score (nSPS) is 11.3. The molecule has 0 saturated carbocycles. The molecule has 0 fully saturated rings. The molecule has 1 rings (SSSR count). The van der Waals surface area contributed by atoms with Gasteiger partial charge in [-0.1, -0.05) is 12.1 Å². The molecule has 0 heterocycles. The van der Waals surface area contributed by atoms with E-state index in [1.54, 1.807) is 26.2 Å². The van der Waals surface area contributed by atoms with Gasteiger partial charge in [0.25, 0.3) is 0 Å². The Morgan fingerprint density at radius 3 is 2.62 bits per heavy atom. The Morgan fingerprint density at radius 1 is 1.50 bits per heavy atom. The average Bonchev–Trinajstić information content (AvgIpc) is 2.29. The molecule has 4 nitrogen and oxygen atoms in total. The third kappa shape index (κ3) is 3.62. The van der Waals surface area contributed by atoms with Gasteiger partial charge in [-0.3, -0.25) is 4.79 Å². The van der Waals surface area contributed by atoms with Crippen molar-refractivity contribution in [3.8, 4) is 11.8 Å². The van der Waals surface area contributed by atoms with Crippen LogP contribution in [0.25, 0.3) is 0 Å². The Kier molecular flexibility index (Phi) is 4.34. The van der Waals surface area contributed by atoms with Gasteiger partial charge in [0.1, 0.15) is 11.8 Å². The molecule has 1 aromatic rings. The number of nitrogens with one attached hydrogen (secondary N) is 1. The fraction of sp³-hybridized carbons (Fsp3) is 0.333. The first-order valence-electron chi connectivity index (χ1n) is 4.97. The lowest BCUT2D eigenvalue weighted by Crippen LogP contribution is -2.32. The summed E-state index contributed by atoms with van der Waals surface area (Å²) in [5, 5.41) is 11.1. The third-order valence-corrected chi connectivity index (χ3v) is 2.09. The molecule has 1 N–H and O–H groups in total. The van der Waals surface area contributed by atoms with Gasteiger partial charge in [-0.2, -0.15) is 5.26 Å². The second-order valence-electron chi connectivity index (χ2n) is 3.44. The molecule has 0 aliphatic carbocycles. The fourth-order valence-electron chi connectivity index (χ4n) is 1.25. The SMILES string of the molecule is COc1ccc(CC(=O)NC(C)C#N)cc1. The molecule has 84 valence electrons. The molecule has 0 saturated heterocycles. The number of methoxy groups -OCH3 is 1. The molecule has 16 heavy (non-hydrogen) atoms. The highest BCUT2D eigenvalue weighted by atomic mass is 16.5. The second kappa shape index (κ2) is 5.76. The summed E-state index contributed by atoms with van der Waals surface area (Å²) in [5.74, 6) is 0.605. The lowest BCUT2D eigenvalue weighted by atomic mass is 10.1. The van der Waals surface area contributed by atoms with Crippen LogP contribution in [0.3, 0.4) is 0 Å². The molecular formula is C12H14N2O2.